The number of fused-ring (bicyclic) bond motifs is 1. The minimum atomic E-state index is -3.82. The van der Waals surface area contributed by atoms with Crippen LogP contribution in [0, 0.1) is 0 Å². The molecule has 0 radical (unpaired) electrons. The molecule has 0 saturated carbocycles. The lowest BCUT2D eigenvalue weighted by atomic mass is 10.2. The molecule has 1 aromatic rings. The smallest absolute Gasteiger partial charge is 0.404 e. The van der Waals surface area contributed by atoms with Gasteiger partial charge in [0.15, 0.2) is 0 Å². The first-order valence-corrected chi connectivity index (χ1v) is 4.92. The quantitative estimate of drug-likeness (QED) is 0.626. The average Bonchev–Trinajstić information content (AvgIpc) is 2.02. The molecule has 0 saturated heterocycles. The van der Waals surface area contributed by atoms with Crippen LogP contribution >= 0.6 is 7.82 Å². The highest BCUT2D eigenvalue weighted by atomic mass is 31.2. The number of benzene rings is 1. The Kier molecular flexibility index (Phi) is 1.68. The second-order valence-electron chi connectivity index (χ2n) is 2.44. The zero-order valence-corrected chi connectivity index (χ0v) is 7.03. The highest BCUT2D eigenvalue weighted by molar-refractivity contribution is 7.47. The van der Waals surface area contributed by atoms with Crippen LogP contribution in [-0.2, 0) is 15.7 Å². The predicted molar refractivity (Wildman–Crippen MR) is 41.7 cm³/mol. The summed E-state index contributed by atoms with van der Waals surface area (Å²) in [6.07, 6.45) is 0. The molecule has 0 bridgehead atoms. The summed E-state index contributed by atoms with van der Waals surface area (Å²) >= 11 is 0. The first kappa shape index (κ1) is 7.80. The van der Waals surface area contributed by atoms with E-state index in [4.69, 9.17) is 9.42 Å². The maximum absolute atomic E-state index is 10.9. The van der Waals surface area contributed by atoms with E-state index in [1.165, 1.54) is 0 Å². The first-order valence-electron chi connectivity index (χ1n) is 3.42. The van der Waals surface area contributed by atoms with E-state index in [-0.39, 0.29) is 6.61 Å². The highest BCUT2D eigenvalue weighted by Crippen LogP contribution is 2.49. The molecule has 0 spiro atoms. The second-order valence-corrected chi connectivity index (χ2v) is 3.82. The van der Waals surface area contributed by atoms with Gasteiger partial charge in [-0.1, -0.05) is 18.2 Å². The summed E-state index contributed by atoms with van der Waals surface area (Å²) < 4.78 is 20.2. The van der Waals surface area contributed by atoms with Crippen molar-refractivity contribution in [3.63, 3.8) is 0 Å². The molecule has 1 aliphatic rings. The van der Waals surface area contributed by atoms with Gasteiger partial charge >= 0.3 is 7.82 Å². The molecule has 1 aliphatic heterocycles. The minimum Gasteiger partial charge on any atom is -0.404 e. The van der Waals surface area contributed by atoms with E-state index in [0.29, 0.717) is 5.75 Å². The minimum absolute atomic E-state index is 0.129. The van der Waals surface area contributed by atoms with Gasteiger partial charge in [0.05, 0.1) is 6.61 Å². The summed E-state index contributed by atoms with van der Waals surface area (Å²) in [4.78, 5) is 8.93. The van der Waals surface area contributed by atoms with Crippen LogP contribution in [0.4, 0.5) is 0 Å². The van der Waals surface area contributed by atoms with Crippen molar-refractivity contribution in [2.75, 3.05) is 0 Å². The average molecular weight is 186 g/mol. The standard InChI is InChI=1S/C7H7O4P/c8-12(9)10-5-6-3-1-2-4-7(6)11-12/h1-4H,5H2,(H,8,9). The van der Waals surface area contributed by atoms with Gasteiger partial charge in [0, 0.05) is 5.56 Å². The third-order valence-electron chi connectivity index (χ3n) is 1.57. The molecule has 0 aromatic heterocycles. The summed E-state index contributed by atoms with van der Waals surface area (Å²) in [5.41, 5.74) is 0.790. The zero-order chi connectivity index (χ0) is 8.60. The van der Waals surface area contributed by atoms with Crippen LogP contribution in [0.3, 0.4) is 0 Å². The van der Waals surface area contributed by atoms with Crippen LogP contribution in [0.15, 0.2) is 24.3 Å². The van der Waals surface area contributed by atoms with Crippen LogP contribution in [0.1, 0.15) is 5.56 Å². The Labute approximate surface area is 69.4 Å². The normalized spacial score (nSPS) is 27.4. The zero-order valence-electron chi connectivity index (χ0n) is 6.14. The summed E-state index contributed by atoms with van der Waals surface area (Å²) in [6, 6.07) is 6.98. The van der Waals surface area contributed by atoms with Gasteiger partial charge in [0.1, 0.15) is 5.75 Å². The van der Waals surface area contributed by atoms with Crippen LogP contribution in [0.5, 0.6) is 5.75 Å². The van der Waals surface area contributed by atoms with Crippen molar-refractivity contribution < 1.29 is 18.5 Å². The molecule has 4 nitrogen and oxygen atoms in total. The Morgan fingerprint density at radius 1 is 1.42 bits per heavy atom. The van der Waals surface area contributed by atoms with E-state index in [0.717, 1.165) is 5.56 Å². The van der Waals surface area contributed by atoms with E-state index in [2.05, 4.69) is 4.52 Å². The largest absolute Gasteiger partial charge is 0.527 e. The molecule has 0 amide bonds. The Morgan fingerprint density at radius 3 is 3.00 bits per heavy atom. The number of hydrogen-bond acceptors (Lipinski definition) is 3. The molecule has 5 heteroatoms. The monoisotopic (exact) mass is 186 g/mol. The van der Waals surface area contributed by atoms with Crippen LogP contribution in [-0.4, -0.2) is 4.89 Å². The number of phosphoric acid groups is 1. The van der Waals surface area contributed by atoms with E-state index in [1.54, 1.807) is 18.2 Å². The van der Waals surface area contributed by atoms with Crippen molar-refractivity contribution in [1.82, 2.24) is 0 Å². The lowest BCUT2D eigenvalue weighted by Crippen LogP contribution is -2.05. The molecular formula is C7H7O4P. The SMILES string of the molecule is O=P1(O)OCc2ccccc2O1. The maximum Gasteiger partial charge on any atom is 0.527 e. The second kappa shape index (κ2) is 2.59. The topological polar surface area (TPSA) is 55.8 Å². The maximum atomic E-state index is 10.9. The van der Waals surface area contributed by atoms with Crippen LogP contribution in [0.25, 0.3) is 0 Å². The molecule has 0 fully saturated rings. The molecule has 2 rings (SSSR count). The van der Waals surface area contributed by atoms with E-state index in [9.17, 15) is 4.57 Å². The summed E-state index contributed by atoms with van der Waals surface area (Å²) in [5, 5.41) is 0. The van der Waals surface area contributed by atoms with Crippen molar-refractivity contribution in [1.29, 1.82) is 0 Å². The van der Waals surface area contributed by atoms with Crippen molar-refractivity contribution in [2.24, 2.45) is 0 Å². The van der Waals surface area contributed by atoms with Crippen molar-refractivity contribution in [3.05, 3.63) is 29.8 Å². The molecule has 0 aliphatic carbocycles. The Balaban J connectivity index is 2.42. The van der Waals surface area contributed by atoms with Gasteiger partial charge in [0.25, 0.3) is 0 Å². The fraction of sp³-hybridized carbons (Fsp3) is 0.143. The van der Waals surface area contributed by atoms with Gasteiger partial charge in [0.2, 0.25) is 0 Å². The summed E-state index contributed by atoms with van der Waals surface area (Å²) in [6.45, 7) is 0.129. The van der Waals surface area contributed by atoms with Gasteiger partial charge in [-0.25, -0.2) is 4.57 Å². The molecule has 1 atom stereocenters. The molecule has 12 heavy (non-hydrogen) atoms. The van der Waals surface area contributed by atoms with E-state index in [1.807, 2.05) is 6.07 Å². The van der Waals surface area contributed by atoms with Gasteiger partial charge in [-0.3, -0.25) is 9.42 Å². The van der Waals surface area contributed by atoms with Gasteiger partial charge < -0.3 is 4.52 Å². The van der Waals surface area contributed by atoms with Gasteiger partial charge in [-0.15, -0.1) is 0 Å². The third kappa shape index (κ3) is 1.37. The van der Waals surface area contributed by atoms with Crippen molar-refractivity contribution >= 4 is 7.82 Å². The summed E-state index contributed by atoms with van der Waals surface area (Å²) in [7, 11) is -3.82. The lowest BCUT2D eigenvalue weighted by Gasteiger charge is -2.20. The predicted octanol–water partition coefficient (Wildman–Crippen LogP) is 1.70. The highest BCUT2D eigenvalue weighted by Gasteiger charge is 2.28. The number of para-hydroxylation sites is 1. The molecular weight excluding hydrogens is 179 g/mol. The Morgan fingerprint density at radius 2 is 2.17 bits per heavy atom. The van der Waals surface area contributed by atoms with Gasteiger partial charge in [-0.05, 0) is 6.07 Å². The van der Waals surface area contributed by atoms with Crippen molar-refractivity contribution in [3.8, 4) is 5.75 Å². The van der Waals surface area contributed by atoms with Crippen molar-refractivity contribution in [2.45, 2.75) is 6.61 Å². The fourth-order valence-corrected chi connectivity index (χ4v) is 1.80. The molecule has 1 N–H and O–H groups in total. The molecule has 1 heterocycles. The summed E-state index contributed by atoms with van der Waals surface area (Å²) in [5.74, 6) is 0.426. The number of hydrogen-bond donors (Lipinski definition) is 1. The van der Waals surface area contributed by atoms with Crippen LogP contribution in [0.2, 0.25) is 0 Å². The van der Waals surface area contributed by atoms with E-state index < -0.39 is 7.82 Å². The number of phosphoric ester groups is 1. The molecule has 1 aromatic carbocycles. The first-order chi connectivity index (χ1) is 5.67. The fourth-order valence-electron chi connectivity index (χ4n) is 1.01. The third-order valence-corrected chi connectivity index (χ3v) is 2.45. The molecule has 64 valence electrons. The number of rotatable bonds is 0. The Bertz CT molecular complexity index is 349. The lowest BCUT2D eigenvalue weighted by molar-refractivity contribution is 0.176. The van der Waals surface area contributed by atoms with Gasteiger partial charge in [-0.2, -0.15) is 0 Å². The van der Waals surface area contributed by atoms with E-state index >= 15 is 0 Å². The molecule has 1 unspecified atom stereocenters. The Hall–Kier alpha value is -0.830. The van der Waals surface area contributed by atoms with Crippen LogP contribution < -0.4 is 4.52 Å².